The second kappa shape index (κ2) is 14.8. The summed E-state index contributed by atoms with van der Waals surface area (Å²) >= 11 is 0. The van der Waals surface area contributed by atoms with Crippen molar-refractivity contribution in [1.29, 1.82) is 0 Å². The molecule has 8 rings (SSSR count). The van der Waals surface area contributed by atoms with Gasteiger partial charge in [-0.15, -0.1) is 0 Å². The number of rotatable bonds is 11. The molecule has 7 heterocycles. The summed E-state index contributed by atoms with van der Waals surface area (Å²) in [6.07, 6.45) is 17.6. The number of benzene rings is 1. The molecule has 1 aromatic carbocycles. The average Bonchev–Trinajstić information content (AvgIpc) is 4.00. The van der Waals surface area contributed by atoms with E-state index in [-0.39, 0.29) is 0 Å². The zero-order valence-electron chi connectivity index (χ0n) is 31.5. The van der Waals surface area contributed by atoms with Crippen molar-refractivity contribution in [3.05, 3.63) is 35.9 Å². The monoisotopic (exact) mass is 736 g/mol. The summed E-state index contributed by atoms with van der Waals surface area (Å²) in [6.45, 7) is 24.3. The van der Waals surface area contributed by atoms with E-state index < -0.39 is 22.9 Å². The van der Waals surface area contributed by atoms with Gasteiger partial charge in [-0.2, -0.15) is 0 Å². The Balaban J connectivity index is 1.25. The van der Waals surface area contributed by atoms with Gasteiger partial charge < -0.3 is 0 Å². The van der Waals surface area contributed by atoms with Crippen molar-refractivity contribution in [3.8, 4) is 0 Å². The summed E-state index contributed by atoms with van der Waals surface area (Å²) in [5.41, 5.74) is 1.52. The van der Waals surface area contributed by atoms with Crippen LogP contribution in [-0.4, -0.2) is 124 Å². The van der Waals surface area contributed by atoms with Crippen LogP contribution in [0.2, 0.25) is 0 Å². The molecule has 2 atom stereocenters. The second-order valence-electron chi connectivity index (χ2n) is 17.0. The minimum atomic E-state index is -3.05. The summed E-state index contributed by atoms with van der Waals surface area (Å²) in [7, 11) is -8.08. The zero-order valence-corrected chi connectivity index (χ0v) is 34.4. The van der Waals surface area contributed by atoms with Crippen LogP contribution in [0.15, 0.2) is 30.3 Å². The van der Waals surface area contributed by atoms with E-state index in [2.05, 4.69) is 83.3 Å². The van der Waals surface area contributed by atoms with Crippen LogP contribution in [0.4, 0.5) is 0 Å². The predicted octanol–water partition coefficient (Wildman–Crippen LogP) is 7.55. The van der Waals surface area contributed by atoms with Gasteiger partial charge in [-0.3, -0.25) is 0 Å². The molecule has 0 amide bonds. The molecule has 7 saturated heterocycles. The van der Waals surface area contributed by atoms with Gasteiger partial charge in [0.05, 0.1) is 0 Å². The first-order valence-corrected chi connectivity index (χ1v) is 27.1. The number of hydrogen-bond donors (Lipinski definition) is 2. The van der Waals surface area contributed by atoms with E-state index in [1.54, 1.807) is 0 Å². The molecule has 7 aliphatic rings. The Bertz CT molecular complexity index is 1210. The molecule has 1 aromatic rings. The van der Waals surface area contributed by atoms with Crippen molar-refractivity contribution in [2.45, 2.75) is 103 Å². The Morgan fingerprint density at radius 3 is 1.73 bits per heavy atom. The van der Waals surface area contributed by atoms with Gasteiger partial charge in [0.1, 0.15) is 0 Å². The first-order chi connectivity index (χ1) is 23.9. The Hall–Kier alpha value is 0.150. The van der Waals surface area contributed by atoms with Gasteiger partial charge in [-0.05, 0) is 0 Å². The van der Waals surface area contributed by atoms with E-state index in [1.807, 2.05) is 0 Å². The molecule has 0 aromatic heterocycles. The molecule has 0 saturated carbocycles. The predicted molar refractivity (Wildman–Crippen MR) is 216 cm³/mol. The Labute approximate surface area is 301 Å². The molecular weight excluding hydrogens is 663 g/mol. The van der Waals surface area contributed by atoms with Crippen LogP contribution in [0.1, 0.15) is 109 Å². The Kier molecular flexibility index (Phi) is 10.9. The van der Waals surface area contributed by atoms with E-state index in [0.29, 0.717) is 5.92 Å². The van der Waals surface area contributed by atoms with Gasteiger partial charge in [0.2, 0.25) is 0 Å². The Morgan fingerprint density at radius 1 is 0.694 bits per heavy atom. The Morgan fingerprint density at radius 2 is 1.20 bits per heavy atom. The molecule has 7 fully saturated rings. The van der Waals surface area contributed by atoms with Crippen LogP contribution >= 0.6 is 22.9 Å². The molecule has 7 aliphatic heterocycles. The molecule has 2 N–H and O–H groups in total. The van der Waals surface area contributed by atoms with E-state index in [4.69, 9.17) is 9.72 Å². The maximum atomic E-state index is 5.11. The van der Waals surface area contributed by atoms with E-state index in [1.165, 1.54) is 168 Å². The zero-order chi connectivity index (χ0) is 33.6. The molecule has 0 aliphatic carbocycles. The first kappa shape index (κ1) is 36.1. The average molecular weight is 736 g/mol. The fraction of sp³-hybridized carbons (Fsp3) is 0.838. The van der Waals surface area contributed by atoms with Crippen molar-refractivity contribution < 1.29 is 0 Å². The van der Waals surface area contributed by atoms with E-state index in [9.17, 15) is 0 Å². The molecule has 0 radical (unpaired) electrons. The maximum absolute atomic E-state index is 5.11. The molecule has 12 heteroatoms. The number of nitrogens with one attached hydrogen (secondary N) is 2. The quantitative estimate of drug-likeness (QED) is 0.225. The molecule has 0 spiro atoms. The van der Waals surface area contributed by atoms with Crippen molar-refractivity contribution in [2.24, 2.45) is 5.92 Å². The van der Waals surface area contributed by atoms with Crippen LogP contribution in [0, 0.1) is 5.92 Å². The normalized spacial score (nSPS) is 34.7. The summed E-state index contributed by atoms with van der Waals surface area (Å²) in [5.74, 6) is 1.42. The van der Waals surface area contributed by atoms with Crippen LogP contribution < -0.4 is 9.72 Å². The van der Waals surface area contributed by atoms with Crippen molar-refractivity contribution in [1.82, 2.24) is 42.2 Å². The molecular formula is C37H72N9P3. The summed E-state index contributed by atoms with van der Waals surface area (Å²) in [6, 6.07) is 11.3. The van der Waals surface area contributed by atoms with E-state index >= 15 is 0 Å². The molecule has 2 unspecified atom stereocenters. The van der Waals surface area contributed by atoms with Gasteiger partial charge in [-0.1, -0.05) is 0 Å². The number of hydrogen-bond acceptors (Lipinski definition) is 9. The third-order valence-corrected chi connectivity index (χ3v) is 34.0. The van der Waals surface area contributed by atoms with Crippen LogP contribution in [-0.2, 0) is 0 Å². The fourth-order valence-electron chi connectivity index (χ4n) is 11.7. The van der Waals surface area contributed by atoms with Crippen LogP contribution in [0.3, 0.4) is 0 Å². The fourth-order valence-corrected chi connectivity index (χ4v) is 37.9. The summed E-state index contributed by atoms with van der Waals surface area (Å²) < 4.78 is 22.1. The molecule has 0 bridgehead atoms. The minimum absolute atomic E-state index is 0.634. The SMILES string of the molecule is CCN1[PH](N2CCCC2)(N2CCCC2)N[PH](N2CCCC2)(N2CCCC2)NP1(C)(N1CCCC1)N1CCC(CCC(C)c2ccccc2)C1. The van der Waals surface area contributed by atoms with Gasteiger partial charge in [0.15, 0.2) is 0 Å². The first-order valence-electron chi connectivity index (χ1n) is 20.9. The number of nitrogens with zero attached hydrogens (tertiary/aromatic N) is 7. The molecule has 49 heavy (non-hydrogen) atoms. The topological polar surface area (TPSA) is 46.7 Å². The van der Waals surface area contributed by atoms with Gasteiger partial charge >= 0.3 is 302 Å². The summed E-state index contributed by atoms with van der Waals surface area (Å²) in [5, 5.41) is 0. The third kappa shape index (κ3) is 6.05. The van der Waals surface area contributed by atoms with Crippen molar-refractivity contribution in [3.63, 3.8) is 0 Å². The van der Waals surface area contributed by atoms with Gasteiger partial charge in [0, 0.05) is 0 Å². The summed E-state index contributed by atoms with van der Waals surface area (Å²) in [4.78, 5) is 10.1. The van der Waals surface area contributed by atoms with Crippen molar-refractivity contribution in [2.75, 3.05) is 91.7 Å². The van der Waals surface area contributed by atoms with Crippen LogP contribution in [0.25, 0.3) is 0 Å². The molecule has 9 nitrogen and oxygen atoms in total. The van der Waals surface area contributed by atoms with Gasteiger partial charge in [-0.25, -0.2) is 0 Å². The van der Waals surface area contributed by atoms with Crippen molar-refractivity contribution >= 4 is 22.9 Å². The van der Waals surface area contributed by atoms with Gasteiger partial charge in [0.25, 0.3) is 0 Å². The second-order valence-corrected chi connectivity index (χ2v) is 29.4. The molecule has 280 valence electrons. The standard InChI is InChI=1S/C37H72N9P3/c1-4-46-48(42-27-12-13-28-42,43-29-14-15-30-43)38-47(40-23-8-9-24-40,41-25-10-11-26-41)39-49(46,3,44-31-16-17-32-44)45-33-22-36(34-45)21-20-35(2)37-18-6-5-7-19-37/h5-7,18-19,35-36,38-39,47-48H,4,8-17,20-34H2,1-3H3. The van der Waals surface area contributed by atoms with E-state index in [0.717, 1.165) is 12.5 Å². The van der Waals surface area contributed by atoms with Crippen LogP contribution in [0.5, 0.6) is 0 Å². The third-order valence-electron chi connectivity index (χ3n) is 14.3.